The number of rotatable bonds is 2. The Morgan fingerprint density at radius 1 is 1.38 bits per heavy atom. The van der Waals surface area contributed by atoms with Crippen LogP contribution in [-0.2, 0) is 4.79 Å². The molecule has 2 unspecified atom stereocenters. The second-order valence-corrected chi connectivity index (χ2v) is 5.26. The largest absolute Gasteiger partial charge is 0.397 e. The maximum Gasteiger partial charge on any atom is 0.271 e. The van der Waals surface area contributed by atoms with E-state index in [1.54, 1.807) is 18.2 Å². The number of aliphatic hydroxyl groups is 1. The molecule has 0 aliphatic carbocycles. The maximum absolute atomic E-state index is 12.5. The van der Waals surface area contributed by atoms with Gasteiger partial charge < -0.3 is 26.5 Å². The molecule has 2 atom stereocenters. The van der Waals surface area contributed by atoms with Gasteiger partial charge in [-0.2, -0.15) is 0 Å². The van der Waals surface area contributed by atoms with Crippen LogP contribution in [0.25, 0.3) is 10.9 Å². The Balaban J connectivity index is 1.96. The molecule has 3 rings (SSSR count). The summed E-state index contributed by atoms with van der Waals surface area (Å²) in [6, 6.07) is 6.27. The van der Waals surface area contributed by atoms with Crippen LogP contribution in [0.3, 0.4) is 0 Å². The van der Waals surface area contributed by atoms with E-state index >= 15 is 0 Å². The van der Waals surface area contributed by atoms with Crippen LogP contribution in [0.1, 0.15) is 16.9 Å². The zero-order valence-corrected chi connectivity index (χ0v) is 11.2. The van der Waals surface area contributed by atoms with E-state index in [9.17, 15) is 14.7 Å². The first-order chi connectivity index (χ1) is 9.97. The summed E-state index contributed by atoms with van der Waals surface area (Å²) in [5.74, 6) is -0.985. The van der Waals surface area contributed by atoms with Crippen LogP contribution in [-0.4, -0.2) is 45.5 Å². The number of amides is 2. The highest BCUT2D eigenvalue weighted by atomic mass is 16.3. The molecule has 7 heteroatoms. The lowest BCUT2D eigenvalue weighted by atomic mass is 10.2. The van der Waals surface area contributed by atoms with Crippen LogP contribution >= 0.6 is 0 Å². The minimum Gasteiger partial charge on any atom is -0.397 e. The molecule has 7 nitrogen and oxygen atoms in total. The van der Waals surface area contributed by atoms with Crippen LogP contribution in [0.4, 0.5) is 5.69 Å². The summed E-state index contributed by atoms with van der Waals surface area (Å²) in [6.07, 6.45) is -0.565. The molecular formula is C14H16N4O3. The second kappa shape index (κ2) is 4.78. The van der Waals surface area contributed by atoms with Gasteiger partial charge in [-0.3, -0.25) is 9.59 Å². The number of hydrogen-bond acceptors (Lipinski definition) is 4. The zero-order valence-electron chi connectivity index (χ0n) is 11.2. The molecule has 21 heavy (non-hydrogen) atoms. The quantitative estimate of drug-likeness (QED) is 0.571. The fourth-order valence-corrected chi connectivity index (χ4v) is 2.76. The summed E-state index contributed by atoms with van der Waals surface area (Å²) >= 11 is 0. The van der Waals surface area contributed by atoms with Crippen molar-refractivity contribution in [1.29, 1.82) is 0 Å². The van der Waals surface area contributed by atoms with Gasteiger partial charge in [0.25, 0.3) is 5.91 Å². The predicted octanol–water partition coefficient (Wildman–Crippen LogP) is -0.189. The molecule has 2 amide bonds. The van der Waals surface area contributed by atoms with Gasteiger partial charge in [0, 0.05) is 18.4 Å². The van der Waals surface area contributed by atoms with E-state index in [1.165, 1.54) is 4.90 Å². The first kappa shape index (κ1) is 13.4. The number of aromatic amines is 1. The second-order valence-electron chi connectivity index (χ2n) is 5.26. The van der Waals surface area contributed by atoms with Crippen molar-refractivity contribution in [2.45, 2.75) is 18.6 Å². The van der Waals surface area contributed by atoms with Crippen molar-refractivity contribution in [3.8, 4) is 0 Å². The number of nitrogen functional groups attached to an aromatic ring is 1. The smallest absolute Gasteiger partial charge is 0.271 e. The van der Waals surface area contributed by atoms with Crippen LogP contribution in [0.15, 0.2) is 24.3 Å². The zero-order chi connectivity index (χ0) is 15.1. The highest BCUT2D eigenvalue weighted by Crippen LogP contribution is 2.25. The molecule has 2 aromatic rings. The first-order valence-corrected chi connectivity index (χ1v) is 6.63. The fraction of sp³-hybridized carbons (Fsp3) is 0.286. The fourth-order valence-electron chi connectivity index (χ4n) is 2.76. The Hall–Kier alpha value is -2.54. The molecule has 0 spiro atoms. The summed E-state index contributed by atoms with van der Waals surface area (Å²) in [6.45, 7) is 0.0945. The minimum atomic E-state index is -0.781. The van der Waals surface area contributed by atoms with E-state index in [-0.39, 0.29) is 18.9 Å². The van der Waals surface area contributed by atoms with Gasteiger partial charge in [0.1, 0.15) is 11.7 Å². The Labute approximate surface area is 120 Å². The Morgan fingerprint density at radius 3 is 2.81 bits per heavy atom. The Kier molecular flexibility index (Phi) is 3.06. The van der Waals surface area contributed by atoms with Gasteiger partial charge in [-0.1, -0.05) is 12.1 Å². The predicted molar refractivity (Wildman–Crippen MR) is 77.4 cm³/mol. The van der Waals surface area contributed by atoms with Crippen molar-refractivity contribution >= 4 is 28.4 Å². The van der Waals surface area contributed by atoms with Gasteiger partial charge in [-0.05, 0) is 12.1 Å². The van der Waals surface area contributed by atoms with Gasteiger partial charge in [-0.15, -0.1) is 0 Å². The van der Waals surface area contributed by atoms with E-state index in [1.807, 2.05) is 6.07 Å². The van der Waals surface area contributed by atoms with Crippen molar-refractivity contribution in [2.75, 3.05) is 12.3 Å². The summed E-state index contributed by atoms with van der Waals surface area (Å²) in [5.41, 5.74) is 12.7. The number of H-pyrrole nitrogens is 1. The number of nitrogens with one attached hydrogen (secondary N) is 1. The lowest BCUT2D eigenvalue weighted by Crippen LogP contribution is -2.43. The van der Waals surface area contributed by atoms with Gasteiger partial charge in [-0.25, -0.2) is 0 Å². The van der Waals surface area contributed by atoms with Gasteiger partial charge in [0.2, 0.25) is 5.91 Å². The minimum absolute atomic E-state index is 0.0945. The number of aromatic nitrogens is 1. The van der Waals surface area contributed by atoms with E-state index in [0.717, 1.165) is 5.39 Å². The SMILES string of the molecule is NC(=O)C1CC(O)CN1C(=O)c1cc2cccc(N)c2[nH]1. The molecule has 0 bridgehead atoms. The van der Waals surface area contributed by atoms with Crippen molar-refractivity contribution < 1.29 is 14.7 Å². The number of primary amides is 1. The standard InChI is InChI=1S/C14H16N4O3/c15-9-3-1-2-7-4-10(17-12(7)9)14(21)18-6-8(19)5-11(18)13(16)20/h1-4,8,11,17,19H,5-6,15H2,(H2,16,20). The van der Waals surface area contributed by atoms with Crippen LogP contribution in [0.2, 0.25) is 0 Å². The summed E-state index contributed by atoms with van der Waals surface area (Å²) in [5, 5.41) is 10.5. The molecule has 2 heterocycles. The number of benzene rings is 1. The Bertz CT molecular complexity index is 724. The van der Waals surface area contributed by atoms with Crippen molar-refractivity contribution in [2.24, 2.45) is 5.73 Å². The van der Waals surface area contributed by atoms with Crippen LogP contribution in [0.5, 0.6) is 0 Å². The Morgan fingerprint density at radius 2 is 2.14 bits per heavy atom. The average Bonchev–Trinajstić information content (AvgIpc) is 3.02. The first-order valence-electron chi connectivity index (χ1n) is 6.63. The number of nitrogens with two attached hydrogens (primary N) is 2. The number of β-amino-alcohol motifs (C(OH)–C–C–N with tert-alkyl or cyclic N) is 1. The molecule has 1 aromatic carbocycles. The molecule has 1 aliphatic heterocycles. The monoisotopic (exact) mass is 288 g/mol. The topological polar surface area (TPSA) is 125 Å². The van der Waals surface area contributed by atoms with Gasteiger partial charge >= 0.3 is 0 Å². The number of likely N-dealkylation sites (tertiary alicyclic amines) is 1. The number of aliphatic hydroxyl groups excluding tert-OH is 1. The third kappa shape index (κ3) is 2.21. The van der Waals surface area contributed by atoms with Crippen molar-refractivity contribution in [3.05, 3.63) is 30.0 Å². The number of anilines is 1. The average molecular weight is 288 g/mol. The van der Waals surface area contributed by atoms with Crippen LogP contribution in [0, 0.1) is 0 Å². The van der Waals surface area contributed by atoms with E-state index in [0.29, 0.717) is 16.9 Å². The molecule has 0 saturated carbocycles. The number of carbonyl (C=O) groups is 2. The number of carbonyl (C=O) groups excluding carboxylic acids is 2. The molecule has 1 aromatic heterocycles. The van der Waals surface area contributed by atoms with E-state index < -0.39 is 18.1 Å². The third-order valence-electron chi connectivity index (χ3n) is 3.79. The van der Waals surface area contributed by atoms with Gasteiger partial charge in [0.15, 0.2) is 0 Å². The lowest BCUT2D eigenvalue weighted by molar-refractivity contribution is -0.121. The maximum atomic E-state index is 12.5. The van der Waals surface area contributed by atoms with Crippen molar-refractivity contribution in [3.63, 3.8) is 0 Å². The third-order valence-corrected chi connectivity index (χ3v) is 3.79. The summed E-state index contributed by atoms with van der Waals surface area (Å²) in [7, 11) is 0. The molecule has 6 N–H and O–H groups in total. The van der Waals surface area contributed by atoms with Crippen molar-refractivity contribution in [1.82, 2.24) is 9.88 Å². The number of fused-ring (bicyclic) bond motifs is 1. The number of nitrogens with zero attached hydrogens (tertiary/aromatic N) is 1. The molecular weight excluding hydrogens is 272 g/mol. The summed E-state index contributed by atoms with van der Waals surface area (Å²) < 4.78 is 0. The molecule has 1 fully saturated rings. The van der Waals surface area contributed by atoms with Gasteiger partial charge in [0.05, 0.1) is 17.3 Å². The summed E-state index contributed by atoms with van der Waals surface area (Å²) in [4.78, 5) is 28.2. The normalized spacial score (nSPS) is 21.9. The highest BCUT2D eigenvalue weighted by Gasteiger charge is 2.38. The molecule has 1 aliphatic rings. The molecule has 110 valence electrons. The highest BCUT2D eigenvalue weighted by molar-refractivity contribution is 6.02. The number of para-hydroxylation sites is 1. The number of hydrogen-bond donors (Lipinski definition) is 4. The van der Waals surface area contributed by atoms with E-state index in [4.69, 9.17) is 11.5 Å². The molecule has 1 saturated heterocycles. The molecule has 0 radical (unpaired) electrons. The van der Waals surface area contributed by atoms with Crippen LogP contribution < -0.4 is 11.5 Å². The lowest BCUT2D eigenvalue weighted by Gasteiger charge is -2.21. The van der Waals surface area contributed by atoms with E-state index in [2.05, 4.69) is 4.98 Å².